The van der Waals surface area contributed by atoms with E-state index in [-0.39, 0.29) is 24.6 Å². The molecule has 13 nitrogen and oxygen atoms in total. The van der Waals surface area contributed by atoms with Crippen LogP contribution < -0.4 is 10.6 Å². The highest BCUT2D eigenvalue weighted by Gasteiger charge is 2.53. The number of carbonyl (C=O) groups excluding carboxylic acids is 1. The standard InChI is InChI=1S/C29H30N6O7/c1-2-30-29(38)34-25-22-26(32-15-31-25)35(16-33-22)27-24-23(41-21(42-24)12-17-8-4-3-5-9-17)20(40-27)14-39-13-18-10-6-7-11-19(18)28(36)37/h3-11,15-16,20-21,23-24,27H,2,12-14H2,1H3,(H,36,37)(H2,30,31,32,34,38)/t20-,21+,23?,24+,27-/m1/s1. The first kappa shape index (κ1) is 27.7. The number of carbonyl (C=O) groups is 2. The number of rotatable bonds is 10. The normalized spacial score (nSPS) is 23.1. The molecule has 0 aliphatic carbocycles. The minimum atomic E-state index is -1.02. The SMILES string of the molecule is CCNC(=O)Nc1ncnc2c1ncn2[C@@H]1O[C@H](COCc2ccccc2C(=O)O)C2O[C@H](Cc3ccccc3)O[C@@H]21. The van der Waals surface area contributed by atoms with E-state index in [9.17, 15) is 14.7 Å². The van der Waals surface area contributed by atoms with E-state index in [0.717, 1.165) is 5.56 Å². The van der Waals surface area contributed by atoms with E-state index in [1.54, 1.807) is 35.2 Å². The van der Waals surface area contributed by atoms with Crippen LogP contribution in [0.25, 0.3) is 11.2 Å². The Morgan fingerprint density at radius 3 is 2.60 bits per heavy atom. The monoisotopic (exact) mass is 574 g/mol. The summed E-state index contributed by atoms with van der Waals surface area (Å²) < 4.78 is 26.9. The van der Waals surface area contributed by atoms with Gasteiger partial charge in [0, 0.05) is 13.0 Å². The summed E-state index contributed by atoms with van der Waals surface area (Å²) in [7, 11) is 0. The number of anilines is 1. The number of ether oxygens (including phenoxy) is 4. The molecule has 0 saturated carbocycles. The number of carboxylic acids is 1. The Morgan fingerprint density at radius 2 is 1.79 bits per heavy atom. The Morgan fingerprint density at radius 1 is 1.00 bits per heavy atom. The minimum absolute atomic E-state index is 0.0920. The summed E-state index contributed by atoms with van der Waals surface area (Å²) in [5.74, 6) is -0.750. The summed E-state index contributed by atoms with van der Waals surface area (Å²) in [5, 5.41) is 14.9. The topological polar surface area (TPSA) is 159 Å². The fourth-order valence-electron chi connectivity index (χ4n) is 5.24. The number of aromatic nitrogens is 4. The lowest BCUT2D eigenvalue weighted by molar-refractivity contribution is -0.154. The van der Waals surface area contributed by atoms with Crippen LogP contribution in [0.1, 0.15) is 34.6 Å². The third kappa shape index (κ3) is 5.67. The van der Waals surface area contributed by atoms with Crippen LogP contribution in [0.2, 0.25) is 0 Å². The zero-order valence-corrected chi connectivity index (χ0v) is 22.8. The Bertz CT molecular complexity index is 1560. The lowest BCUT2D eigenvalue weighted by atomic mass is 10.1. The first-order valence-electron chi connectivity index (χ1n) is 13.6. The lowest BCUT2D eigenvalue weighted by Gasteiger charge is -2.21. The molecule has 2 aromatic carbocycles. The van der Waals surface area contributed by atoms with Crippen LogP contribution in [-0.4, -0.2) is 74.4 Å². The van der Waals surface area contributed by atoms with Crippen molar-refractivity contribution in [1.29, 1.82) is 0 Å². The van der Waals surface area contributed by atoms with Crippen molar-refractivity contribution in [3.8, 4) is 0 Å². The molecule has 2 amide bonds. The molecular weight excluding hydrogens is 544 g/mol. The molecule has 1 unspecified atom stereocenters. The van der Waals surface area contributed by atoms with Crippen molar-refractivity contribution < 1.29 is 33.6 Å². The second-order valence-electron chi connectivity index (χ2n) is 9.89. The van der Waals surface area contributed by atoms with Gasteiger partial charge in [-0.1, -0.05) is 48.5 Å². The van der Waals surface area contributed by atoms with Gasteiger partial charge in [-0.25, -0.2) is 24.5 Å². The largest absolute Gasteiger partial charge is 0.478 e. The van der Waals surface area contributed by atoms with E-state index in [1.165, 1.54) is 6.33 Å². The minimum Gasteiger partial charge on any atom is -0.478 e. The molecule has 3 N–H and O–H groups in total. The fraction of sp³-hybridized carbons (Fsp3) is 0.345. The zero-order chi connectivity index (χ0) is 29.1. The molecule has 2 aromatic heterocycles. The average Bonchev–Trinajstić information content (AvgIpc) is 3.69. The van der Waals surface area contributed by atoms with Gasteiger partial charge in [-0.15, -0.1) is 0 Å². The molecule has 4 heterocycles. The maximum atomic E-state index is 12.1. The lowest BCUT2D eigenvalue weighted by Crippen LogP contribution is -2.32. The van der Waals surface area contributed by atoms with E-state index >= 15 is 0 Å². The molecule has 5 atom stereocenters. The van der Waals surface area contributed by atoms with Crippen LogP contribution in [0.4, 0.5) is 10.6 Å². The van der Waals surface area contributed by atoms with Crippen molar-refractivity contribution in [3.63, 3.8) is 0 Å². The maximum absolute atomic E-state index is 12.1. The zero-order valence-electron chi connectivity index (χ0n) is 22.8. The predicted octanol–water partition coefficient (Wildman–Crippen LogP) is 3.13. The van der Waals surface area contributed by atoms with Crippen LogP contribution in [0, 0.1) is 0 Å². The first-order valence-corrected chi connectivity index (χ1v) is 13.6. The summed E-state index contributed by atoms with van der Waals surface area (Å²) in [6.07, 6.45) is 0.800. The number of urea groups is 1. The molecule has 2 aliphatic rings. The Kier molecular flexibility index (Phi) is 8.06. The van der Waals surface area contributed by atoms with Crippen molar-refractivity contribution in [1.82, 2.24) is 24.8 Å². The first-order chi connectivity index (χ1) is 20.5. The number of imidazole rings is 1. The number of nitrogens with zero attached hydrogens (tertiary/aromatic N) is 4. The van der Waals surface area contributed by atoms with E-state index in [1.807, 2.05) is 37.3 Å². The van der Waals surface area contributed by atoms with Crippen molar-refractivity contribution in [2.45, 2.75) is 50.8 Å². The number of aromatic carboxylic acids is 1. The molecule has 2 aliphatic heterocycles. The number of carboxylic acid groups (broad SMARTS) is 1. The maximum Gasteiger partial charge on any atom is 0.336 e. The summed E-state index contributed by atoms with van der Waals surface area (Å²) in [6, 6.07) is 16.2. The number of fused-ring (bicyclic) bond motifs is 2. The Hall–Kier alpha value is -4.43. The van der Waals surface area contributed by atoms with Gasteiger partial charge in [-0.2, -0.15) is 0 Å². The van der Waals surface area contributed by atoms with Gasteiger partial charge in [0.25, 0.3) is 0 Å². The van der Waals surface area contributed by atoms with Crippen LogP contribution >= 0.6 is 0 Å². The van der Waals surface area contributed by atoms with Crippen LogP contribution in [0.5, 0.6) is 0 Å². The number of hydrogen-bond acceptors (Lipinski definition) is 9. The van der Waals surface area contributed by atoms with Crippen LogP contribution in [-0.2, 0) is 32.0 Å². The van der Waals surface area contributed by atoms with Gasteiger partial charge in [0.1, 0.15) is 24.6 Å². The van der Waals surface area contributed by atoms with E-state index < -0.39 is 42.8 Å². The molecule has 13 heteroatoms. The second-order valence-corrected chi connectivity index (χ2v) is 9.89. The third-order valence-corrected chi connectivity index (χ3v) is 7.14. The van der Waals surface area contributed by atoms with Gasteiger partial charge in [0.15, 0.2) is 29.5 Å². The molecular formula is C29H30N6O7. The van der Waals surface area contributed by atoms with E-state index in [4.69, 9.17) is 18.9 Å². The molecule has 42 heavy (non-hydrogen) atoms. The van der Waals surface area contributed by atoms with Gasteiger partial charge < -0.3 is 29.4 Å². The number of nitrogens with one attached hydrogen (secondary N) is 2. The van der Waals surface area contributed by atoms with Gasteiger partial charge in [-0.3, -0.25) is 9.88 Å². The Balaban J connectivity index is 1.23. The van der Waals surface area contributed by atoms with E-state index in [0.29, 0.717) is 29.7 Å². The van der Waals surface area contributed by atoms with Gasteiger partial charge >= 0.3 is 12.0 Å². The van der Waals surface area contributed by atoms with Crippen LogP contribution in [0.3, 0.4) is 0 Å². The average molecular weight is 575 g/mol. The predicted molar refractivity (Wildman–Crippen MR) is 149 cm³/mol. The highest BCUT2D eigenvalue weighted by atomic mass is 16.8. The van der Waals surface area contributed by atoms with Crippen molar-refractivity contribution in [3.05, 3.63) is 83.9 Å². The molecule has 218 valence electrons. The van der Waals surface area contributed by atoms with Crippen molar-refractivity contribution in [2.75, 3.05) is 18.5 Å². The number of hydrogen-bond donors (Lipinski definition) is 3. The van der Waals surface area contributed by atoms with Crippen molar-refractivity contribution in [2.24, 2.45) is 0 Å². The molecule has 0 spiro atoms. The number of benzene rings is 2. The summed E-state index contributed by atoms with van der Waals surface area (Å²) in [6.45, 7) is 2.51. The molecule has 2 fully saturated rings. The van der Waals surface area contributed by atoms with Crippen LogP contribution in [0.15, 0.2) is 67.3 Å². The van der Waals surface area contributed by atoms with Gasteiger partial charge in [0.2, 0.25) is 0 Å². The quantitative estimate of drug-likeness (QED) is 0.257. The molecule has 2 saturated heterocycles. The van der Waals surface area contributed by atoms with Gasteiger partial charge in [-0.05, 0) is 24.1 Å². The smallest absolute Gasteiger partial charge is 0.336 e. The third-order valence-electron chi connectivity index (χ3n) is 7.14. The Labute approximate surface area is 240 Å². The number of amides is 2. The summed E-state index contributed by atoms with van der Waals surface area (Å²) in [5.41, 5.74) is 2.66. The fourth-order valence-corrected chi connectivity index (χ4v) is 5.24. The highest BCUT2D eigenvalue weighted by Crippen LogP contribution is 2.41. The molecule has 0 bridgehead atoms. The van der Waals surface area contributed by atoms with Crippen molar-refractivity contribution >= 4 is 29.0 Å². The summed E-state index contributed by atoms with van der Waals surface area (Å²) in [4.78, 5) is 36.8. The molecule has 4 aromatic rings. The second kappa shape index (κ2) is 12.2. The highest BCUT2D eigenvalue weighted by molar-refractivity contribution is 5.95. The molecule has 0 radical (unpaired) electrons. The van der Waals surface area contributed by atoms with E-state index in [2.05, 4.69) is 25.6 Å². The molecule has 6 rings (SSSR count). The van der Waals surface area contributed by atoms with Gasteiger partial charge in [0.05, 0.1) is 25.1 Å². The summed E-state index contributed by atoms with van der Waals surface area (Å²) >= 11 is 0.